The molecule has 3 heterocycles. The lowest BCUT2D eigenvalue weighted by atomic mass is 9.92. The van der Waals surface area contributed by atoms with E-state index < -0.39 is 0 Å². The second-order valence-electron chi connectivity index (χ2n) is 8.02. The van der Waals surface area contributed by atoms with Crippen LogP contribution >= 0.6 is 0 Å². The summed E-state index contributed by atoms with van der Waals surface area (Å²) >= 11 is 0. The lowest BCUT2D eigenvalue weighted by molar-refractivity contribution is 0.145. The molecule has 1 aliphatic heterocycles. The van der Waals surface area contributed by atoms with E-state index in [-0.39, 0.29) is 6.10 Å². The average molecular weight is 418 g/mol. The van der Waals surface area contributed by atoms with Gasteiger partial charge in [0.25, 0.3) is 0 Å². The highest BCUT2D eigenvalue weighted by Gasteiger charge is 2.25. The minimum Gasteiger partial charge on any atom is -0.370 e. The molecule has 2 aliphatic rings. The van der Waals surface area contributed by atoms with Crippen LogP contribution in [0.3, 0.4) is 0 Å². The van der Waals surface area contributed by atoms with Crippen LogP contribution in [0.5, 0.6) is 0 Å². The maximum atomic E-state index is 5.93. The van der Waals surface area contributed by atoms with Gasteiger partial charge in [0.1, 0.15) is 6.10 Å². The van der Waals surface area contributed by atoms with Gasteiger partial charge in [-0.2, -0.15) is 0 Å². The number of nitrogens with zero attached hydrogens (tertiary/aromatic N) is 3. The number of piperazine rings is 1. The van der Waals surface area contributed by atoms with Gasteiger partial charge in [0.05, 0.1) is 23.9 Å². The lowest BCUT2D eigenvalue weighted by Crippen LogP contribution is -2.39. The van der Waals surface area contributed by atoms with Crippen molar-refractivity contribution >= 4 is 11.6 Å². The maximum absolute atomic E-state index is 5.93. The monoisotopic (exact) mass is 417 g/mol. The predicted octanol–water partition coefficient (Wildman–Crippen LogP) is 3.14. The number of methoxy groups -OCH3 is 1. The fraction of sp³-hybridized carbons (Fsp3) is 0.360. The third-order valence-corrected chi connectivity index (χ3v) is 5.77. The Morgan fingerprint density at radius 3 is 2.52 bits per heavy atom. The number of aryl methyl sites for hydroxylation is 2. The van der Waals surface area contributed by atoms with Crippen LogP contribution in [0, 0.1) is 6.92 Å². The van der Waals surface area contributed by atoms with Gasteiger partial charge in [0.2, 0.25) is 0 Å². The summed E-state index contributed by atoms with van der Waals surface area (Å²) in [6, 6.07) is 10.7. The largest absolute Gasteiger partial charge is 0.370 e. The zero-order valence-electron chi connectivity index (χ0n) is 18.6. The van der Waals surface area contributed by atoms with E-state index in [1.54, 1.807) is 7.11 Å². The third kappa shape index (κ3) is 4.93. The molecule has 0 bridgehead atoms. The number of nitrogens with one attached hydrogen (secondary N) is 2. The van der Waals surface area contributed by atoms with Crippen LogP contribution in [0.25, 0.3) is 11.6 Å². The van der Waals surface area contributed by atoms with Gasteiger partial charge in [-0.3, -0.25) is 4.98 Å². The zero-order valence-corrected chi connectivity index (χ0v) is 18.6. The summed E-state index contributed by atoms with van der Waals surface area (Å²) in [5.74, 6) is 0. The number of rotatable bonds is 3. The summed E-state index contributed by atoms with van der Waals surface area (Å²) in [4.78, 5) is 8.87. The summed E-state index contributed by atoms with van der Waals surface area (Å²) in [5.41, 5.74) is 8.18. The molecule has 0 saturated carbocycles. The Labute approximate surface area is 184 Å². The summed E-state index contributed by atoms with van der Waals surface area (Å²) in [5, 5.41) is 6.44. The number of aromatic nitrogens is 3. The number of ether oxygens (including phenoxy) is 1. The molecule has 0 radical (unpaired) electrons. The fourth-order valence-corrected chi connectivity index (χ4v) is 4.12. The van der Waals surface area contributed by atoms with Crippen molar-refractivity contribution in [2.45, 2.75) is 19.4 Å². The second kappa shape index (κ2) is 10.0. The fourth-order valence-electron chi connectivity index (χ4n) is 4.12. The Bertz CT molecular complexity index is 1040. The van der Waals surface area contributed by atoms with Gasteiger partial charge in [0, 0.05) is 53.0 Å². The molecule has 31 heavy (non-hydrogen) atoms. The second-order valence-corrected chi connectivity index (χ2v) is 8.02. The van der Waals surface area contributed by atoms with Crippen molar-refractivity contribution in [1.29, 1.82) is 0 Å². The number of pyridine rings is 1. The Hall–Kier alpha value is -2.80. The van der Waals surface area contributed by atoms with Crippen molar-refractivity contribution < 1.29 is 4.74 Å². The highest BCUT2D eigenvalue weighted by molar-refractivity contribution is 5.87. The summed E-state index contributed by atoms with van der Waals surface area (Å²) < 4.78 is 7.95. The van der Waals surface area contributed by atoms with E-state index in [2.05, 4.69) is 57.9 Å². The van der Waals surface area contributed by atoms with Gasteiger partial charge in [-0.05, 0) is 41.3 Å². The van der Waals surface area contributed by atoms with Gasteiger partial charge in [-0.15, -0.1) is 0 Å². The number of hydrogen-bond donors (Lipinski definition) is 2. The predicted molar refractivity (Wildman–Crippen MR) is 125 cm³/mol. The molecule has 5 rings (SSSR count). The molecule has 162 valence electrons. The number of fused-ring (bicyclic) bond motifs is 2. The van der Waals surface area contributed by atoms with Gasteiger partial charge < -0.3 is 19.9 Å². The van der Waals surface area contributed by atoms with Crippen LogP contribution < -0.4 is 10.6 Å². The van der Waals surface area contributed by atoms with E-state index >= 15 is 0 Å². The van der Waals surface area contributed by atoms with Crippen LogP contribution in [0.2, 0.25) is 0 Å². The molecule has 1 fully saturated rings. The molecular formula is C25H31N5O. The molecule has 1 atom stereocenters. The van der Waals surface area contributed by atoms with E-state index in [4.69, 9.17) is 4.74 Å². The molecule has 0 amide bonds. The van der Waals surface area contributed by atoms with Crippen molar-refractivity contribution in [3.8, 4) is 0 Å². The quantitative estimate of drug-likeness (QED) is 0.686. The van der Waals surface area contributed by atoms with Crippen molar-refractivity contribution in [2.24, 2.45) is 7.05 Å². The SMILES string of the molecule is C1CNCCN1.COC(C1=Cc2cccnc2Cc2ccc(C)cc21)c1cncn1C. The minimum absolute atomic E-state index is 0.181. The zero-order chi connectivity index (χ0) is 21.6. The Morgan fingerprint density at radius 1 is 1.10 bits per heavy atom. The summed E-state index contributed by atoms with van der Waals surface area (Å²) in [6.45, 7) is 6.68. The molecule has 1 saturated heterocycles. The van der Waals surface area contributed by atoms with Crippen molar-refractivity contribution in [3.63, 3.8) is 0 Å². The van der Waals surface area contributed by atoms with Crippen LogP contribution in [-0.2, 0) is 18.2 Å². The van der Waals surface area contributed by atoms with Gasteiger partial charge in [0.15, 0.2) is 0 Å². The molecule has 6 nitrogen and oxygen atoms in total. The summed E-state index contributed by atoms with van der Waals surface area (Å²) in [6.07, 6.45) is 8.41. The van der Waals surface area contributed by atoms with Crippen LogP contribution in [0.1, 0.15) is 39.7 Å². The molecule has 3 aromatic rings. The van der Waals surface area contributed by atoms with Crippen molar-refractivity contribution in [3.05, 3.63) is 82.7 Å². The highest BCUT2D eigenvalue weighted by Crippen LogP contribution is 2.39. The topological polar surface area (TPSA) is 64.0 Å². The summed E-state index contributed by atoms with van der Waals surface area (Å²) in [7, 11) is 3.75. The van der Waals surface area contributed by atoms with Crippen LogP contribution in [0.4, 0.5) is 0 Å². The van der Waals surface area contributed by atoms with Crippen molar-refractivity contribution in [1.82, 2.24) is 25.2 Å². The van der Waals surface area contributed by atoms with Crippen molar-refractivity contribution in [2.75, 3.05) is 33.3 Å². The van der Waals surface area contributed by atoms with E-state index in [0.29, 0.717) is 0 Å². The highest BCUT2D eigenvalue weighted by atomic mass is 16.5. The number of hydrogen-bond acceptors (Lipinski definition) is 5. The molecule has 1 unspecified atom stereocenters. The smallest absolute Gasteiger partial charge is 0.124 e. The molecule has 1 aliphatic carbocycles. The Morgan fingerprint density at radius 2 is 1.87 bits per heavy atom. The van der Waals surface area contributed by atoms with Crippen LogP contribution in [-0.4, -0.2) is 47.8 Å². The van der Waals surface area contributed by atoms with E-state index in [9.17, 15) is 0 Å². The maximum Gasteiger partial charge on any atom is 0.124 e. The first-order valence-corrected chi connectivity index (χ1v) is 10.8. The third-order valence-electron chi connectivity index (χ3n) is 5.77. The molecule has 2 N–H and O–H groups in total. The first-order chi connectivity index (χ1) is 15.2. The number of benzene rings is 1. The minimum atomic E-state index is -0.181. The molecular weight excluding hydrogens is 386 g/mol. The molecule has 2 aromatic heterocycles. The van der Waals surface area contributed by atoms with Crippen LogP contribution in [0.15, 0.2) is 49.1 Å². The molecule has 6 heteroatoms. The Balaban J connectivity index is 0.000000334. The number of imidazole rings is 1. The van der Waals surface area contributed by atoms with Gasteiger partial charge in [-0.25, -0.2) is 4.98 Å². The van der Waals surface area contributed by atoms with Gasteiger partial charge >= 0.3 is 0 Å². The standard InChI is InChI=1S/C21H21N3O.C4H10N2/c1-14-6-7-15-11-19-16(5-4-8-23-19)10-18(17(15)9-14)21(25-3)20-12-22-13-24(20)2;1-2-6-4-3-5-1/h4-10,12-13,21H,11H2,1-3H3;5-6H,1-4H2. The van der Waals surface area contributed by atoms with E-state index in [1.165, 1.54) is 16.7 Å². The Kier molecular flexibility index (Phi) is 6.92. The first kappa shape index (κ1) is 21.4. The van der Waals surface area contributed by atoms with E-state index in [0.717, 1.165) is 55.1 Å². The van der Waals surface area contributed by atoms with E-state index in [1.807, 2.05) is 36.4 Å². The lowest BCUT2D eigenvalue weighted by Gasteiger charge is -2.21. The normalized spacial score (nSPS) is 16.2. The molecule has 0 spiro atoms. The molecule has 1 aromatic carbocycles. The average Bonchev–Trinajstić information content (AvgIpc) is 3.15. The first-order valence-electron chi connectivity index (χ1n) is 10.8. The van der Waals surface area contributed by atoms with Gasteiger partial charge in [-0.1, -0.05) is 29.8 Å².